The molecule has 0 heterocycles. The fourth-order valence-corrected chi connectivity index (χ4v) is 1.83. The highest BCUT2D eigenvalue weighted by Crippen LogP contribution is 2.27. The quantitative estimate of drug-likeness (QED) is 0.700. The molecule has 1 fully saturated rings. The number of amides is 1. The van der Waals surface area contributed by atoms with Gasteiger partial charge in [-0.1, -0.05) is 26.7 Å². The minimum Gasteiger partial charge on any atom is -0.338 e. The van der Waals surface area contributed by atoms with E-state index in [-0.39, 0.29) is 11.9 Å². The number of carbonyl (C=O) groups excluding carboxylic acids is 1. The molecule has 2 N–H and O–H groups in total. The molecule has 0 spiro atoms. The summed E-state index contributed by atoms with van der Waals surface area (Å²) in [6.07, 6.45) is 6.39. The Labute approximate surface area is 93.0 Å². The third-order valence-corrected chi connectivity index (χ3v) is 2.94. The fraction of sp³-hybridized carbons (Fsp3) is 0.917. The predicted molar refractivity (Wildman–Crippen MR) is 62.5 cm³/mol. The number of rotatable bonds is 7. The maximum Gasteiger partial charge on any atom is 0.239 e. The van der Waals surface area contributed by atoms with Gasteiger partial charge in [-0.2, -0.15) is 0 Å². The summed E-state index contributed by atoms with van der Waals surface area (Å²) in [4.78, 5) is 14.0. The van der Waals surface area contributed by atoms with E-state index in [2.05, 4.69) is 13.8 Å². The molecule has 88 valence electrons. The minimum absolute atomic E-state index is 0.174. The van der Waals surface area contributed by atoms with Gasteiger partial charge in [0.1, 0.15) is 0 Å². The van der Waals surface area contributed by atoms with Gasteiger partial charge in [0.15, 0.2) is 0 Å². The second-order valence-electron chi connectivity index (χ2n) is 4.51. The number of nitrogens with zero attached hydrogens (tertiary/aromatic N) is 1. The molecule has 0 unspecified atom stereocenters. The van der Waals surface area contributed by atoms with Gasteiger partial charge in [-0.15, -0.1) is 0 Å². The van der Waals surface area contributed by atoms with Crippen molar-refractivity contribution in [3.63, 3.8) is 0 Å². The van der Waals surface area contributed by atoms with Gasteiger partial charge in [-0.3, -0.25) is 4.79 Å². The van der Waals surface area contributed by atoms with E-state index in [9.17, 15) is 4.79 Å². The molecule has 3 nitrogen and oxygen atoms in total. The summed E-state index contributed by atoms with van der Waals surface area (Å²) in [6.45, 7) is 5.12. The van der Waals surface area contributed by atoms with E-state index < -0.39 is 0 Å². The van der Waals surface area contributed by atoms with Gasteiger partial charge in [-0.25, -0.2) is 0 Å². The normalized spacial score (nSPS) is 17.5. The highest BCUT2D eigenvalue weighted by atomic mass is 16.2. The van der Waals surface area contributed by atoms with Crippen molar-refractivity contribution in [3.8, 4) is 0 Å². The summed E-state index contributed by atoms with van der Waals surface area (Å²) in [5.74, 6) is 0.174. The number of carbonyl (C=O) groups is 1. The Bertz CT molecular complexity index is 202. The average Bonchev–Trinajstić information content (AvgIpc) is 3.02. The first-order valence-electron chi connectivity index (χ1n) is 6.26. The molecule has 0 aromatic heterocycles. The number of nitrogens with two attached hydrogens (primary N) is 1. The van der Waals surface area contributed by atoms with E-state index in [0.717, 1.165) is 32.2 Å². The molecule has 3 heteroatoms. The number of unbranched alkanes of at least 4 members (excludes halogenated alkanes) is 1. The van der Waals surface area contributed by atoms with E-state index in [1.54, 1.807) is 0 Å². The van der Waals surface area contributed by atoms with Gasteiger partial charge in [0.2, 0.25) is 5.91 Å². The van der Waals surface area contributed by atoms with Crippen LogP contribution in [0.25, 0.3) is 0 Å². The molecule has 15 heavy (non-hydrogen) atoms. The van der Waals surface area contributed by atoms with Crippen LogP contribution in [0.3, 0.4) is 0 Å². The molecule has 1 rings (SSSR count). The molecule has 1 aliphatic rings. The van der Waals surface area contributed by atoms with Crippen LogP contribution in [0.2, 0.25) is 0 Å². The van der Waals surface area contributed by atoms with Crippen LogP contribution in [-0.4, -0.2) is 29.4 Å². The third kappa shape index (κ3) is 3.82. The maximum absolute atomic E-state index is 12.0. The molecule has 0 saturated heterocycles. The Hall–Kier alpha value is -0.570. The van der Waals surface area contributed by atoms with Crippen molar-refractivity contribution >= 4 is 5.91 Å². The summed E-state index contributed by atoms with van der Waals surface area (Å²) in [5, 5.41) is 0. The highest BCUT2D eigenvalue weighted by molar-refractivity contribution is 5.82. The fourth-order valence-electron chi connectivity index (χ4n) is 1.83. The van der Waals surface area contributed by atoms with Gasteiger partial charge in [0.25, 0.3) is 0 Å². The molecule has 1 saturated carbocycles. The summed E-state index contributed by atoms with van der Waals surface area (Å²) in [7, 11) is 0. The summed E-state index contributed by atoms with van der Waals surface area (Å²) in [6, 6.07) is 0.236. The van der Waals surface area contributed by atoms with Crippen LogP contribution >= 0.6 is 0 Å². The van der Waals surface area contributed by atoms with Crippen LogP contribution in [0.1, 0.15) is 52.4 Å². The van der Waals surface area contributed by atoms with Crippen LogP contribution < -0.4 is 5.73 Å². The van der Waals surface area contributed by atoms with Crippen molar-refractivity contribution in [1.82, 2.24) is 4.90 Å². The summed E-state index contributed by atoms with van der Waals surface area (Å²) in [5.41, 5.74) is 5.87. The molecule has 1 aliphatic carbocycles. The molecule has 1 amide bonds. The molecular weight excluding hydrogens is 188 g/mol. The van der Waals surface area contributed by atoms with Crippen LogP contribution in [-0.2, 0) is 4.79 Å². The minimum atomic E-state index is -0.271. The molecule has 0 bridgehead atoms. The zero-order valence-corrected chi connectivity index (χ0v) is 10.0. The van der Waals surface area contributed by atoms with E-state index in [0.29, 0.717) is 6.04 Å². The molecule has 0 radical (unpaired) electrons. The van der Waals surface area contributed by atoms with E-state index >= 15 is 0 Å². The lowest BCUT2D eigenvalue weighted by Crippen LogP contribution is -2.45. The zero-order valence-electron chi connectivity index (χ0n) is 10.0. The first-order chi connectivity index (χ1) is 7.20. The average molecular weight is 212 g/mol. The molecular formula is C12H24N2O. The lowest BCUT2D eigenvalue weighted by molar-refractivity contribution is -0.133. The van der Waals surface area contributed by atoms with Crippen LogP contribution in [0.5, 0.6) is 0 Å². The van der Waals surface area contributed by atoms with Gasteiger partial charge in [0.05, 0.1) is 6.04 Å². The largest absolute Gasteiger partial charge is 0.338 e. The summed E-state index contributed by atoms with van der Waals surface area (Å²) >= 11 is 0. The maximum atomic E-state index is 12.0. The van der Waals surface area contributed by atoms with Gasteiger partial charge in [-0.05, 0) is 25.7 Å². The van der Waals surface area contributed by atoms with Gasteiger partial charge >= 0.3 is 0 Å². The lowest BCUT2D eigenvalue weighted by atomic mass is 10.1. The highest BCUT2D eigenvalue weighted by Gasteiger charge is 2.33. The lowest BCUT2D eigenvalue weighted by Gasteiger charge is -2.25. The second kappa shape index (κ2) is 6.11. The SMILES string of the molecule is CCCCN(C(=O)[C@H](N)CCC)C1CC1. The Balaban J connectivity index is 2.43. The van der Waals surface area contributed by atoms with Crippen molar-refractivity contribution in [2.45, 2.75) is 64.5 Å². The molecule has 0 aromatic carbocycles. The first kappa shape index (κ1) is 12.5. The Morgan fingerprint density at radius 3 is 2.53 bits per heavy atom. The number of hydrogen-bond donors (Lipinski definition) is 1. The molecule has 1 atom stereocenters. The monoisotopic (exact) mass is 212 g/mol. The van der Waals surface area contributed by atoms with Crippen molar-refractivity contribution in [1.29, 1.82) is 0 Å². The van der Waals surface area contributed by atoms with E-state index in [1.807, 2.05) is 4.90 Å². The number of hydrogen-bond acceptors (Lipinski definition) is 2. The molecule has 0 aliphatic heterocycles. The van der Waals surface area contributed by atoms with Crippen molar-refractivity contribution in [2.75, 3.05) is 6.54 Å². The summed E-state index contributed by atoms with van der Waals surface area (Å²) < 4.78 is 0. The van der Waals surface area contributed by atoms with Crippen molar-refractivity contribution in [3.05, 3.63) is 0 Å². The zero-order chi connectivity index (χ0) is 11.3. The van der Waals surface area contributed by atoms with E-state index in [4.69, 9.17) is 5.73 Å². The smallest absolute Gasteiger partial charge is 0.239 e. The predicted octanol–water partition coefficient (Wildman–Crippen LogP) is 1.90. The standard InChI is InChI=1S/C12H24N2O/c1-3-5-9-14(10-7-8-10)12(15)11(13)6-4-2/h10-11H,3-9,13H2,1-2H3/t11-/m1/s1. The van der Waals surface area contributed by atoms with E-state index in [1.165, 1.54) is 12.8 Å². The van der Waals surface area contributed by atoms with Crippen molar-refractivity contribution in [2.24, 2.45) is 5.73 Å². The van der Waals surface area contributed by atoms with Crippen molar-refractivity contribution < 1.29 is 4.79 Å². The van der Waals surface area contributed by atoms with Gasteiger partial charge in [0, 0.05) is 12.6 Å². The Morgan fingerprint density at radius 2 is 2.07 bits per heavy atom. The third-order valence-electron chi connectivity index (χ3n) is 2.94. The Kier molecular flexibility index (Phi) is 5.09. The van der Waals surface area contributed by atoms with Crippen LogP contribution in [0, 0.1) is 0 Å². The van der Waals surface area contributed by atoms with Crippen LogP contribution in [0.4, 0.5) is 0 Å². The first-order valence-corrected chi connectivity index (χ1v) is 6.26. The topological polar surface area (TPSA) is 46.3 Å². The van der Waals surface area contributed by atoms with Gasteiger partial charge < -0.3 is 10.6 Å². The van der Waals surface area contributed by atoms with Crippen LogP contribution in [0.15, 0.2) is 0 Å². The second-order valence-corrected chi connectivity index (χ2v) is 4.51. The Morgan fingerprint density at radius 1 is 1.40 bits per heavy atom. The molecule has 0 aromatic rings.